The average molecular weight is 526 g/mol. The van der Waals surface area contributed by atoms with Crippen LogP contribution in [-0.4, -0.2) is 58.8 Å². The largest absolute Gasteiger partial charge is 0.550 e. The molecular weight excluding hydrogens is 470 g/mol. The topological polar surface area (TPSA) is 115 Å². The number of carboxylic acid groups (broad SMARTS) is 3. The minimum atomic E-state index is -1.02. The molecule has 0 aromatic carbocycles. The Morgan fingerprint density at radius 1 is 0.568 bits per heavy atom. The summed E-state index contributed by atoms with van der Waals surface area (Å²) in [5.41, 5.74) is 0. The van der Waals surface area contributed by atoms with Crippen LogP contribution in [0, 0.1) is 0 Å². The number of quaternary nitrogens is 1. The molecule has 0 bridgehead atoms. The number of nitrogens with zero attached hydrogens (tertiary/aromatic N) is 1. The van der Waals surface area contributed by atoms with Gasteiger partial charge in [0.05, 0.1) is 26.2 Å². The van der Waals surface area contributed by atoms with Gasteiger partial charge in [-0.25, -0.2) is 0 Å². The number of allylic oxidation sites excluding steroid dienone is 2. The molecule has 0 radical (unpaired) electrons. The first-order valence-corrected chi connectivity index (χ1v) is 14.9. The maximum Gasteiger partial charge on any atom is 0.303 e. The predicted octanol–water partition coefficient (Wildman–Crippen LogP) is 6.10. The highest BCUT2D eigenvalue weighted by Gasteiger charge is 2.26. The Labute approximate surface area is 225 Å². The molecule has 7 nitrogen and oxygen atoms in total. The minimum absolute atomic E-state index is 0.0633. The highest BCUT2D eigenvalue weighted by Crippen LogP contribution is 2.19. The molecule has 0 unspecified atom stereocenters. The molecule has 216 valence electrons. The summed E-state index contributed by atoms with van der Waals surface area (Å²) in [4.78, 5) is 32.8. The molecule has 0 spiro atoms. The average Bonchev–Trinajstić information content (AvgIpc) is 2.84. The van der Waals surface area contributed by atoms with Gasteiger partial charge in [-0.1, -0.05) is 57.1 Å². The predicted molar refractivity (Wildman–Crippen MR) is 147 cm³/mol. The second-order valence-corrected chi connectivity index (χ2v) is 10.7. The summed E-state index contributed by atoms with van der Waals surface area (Å²) in [6.45, 7) is 5.68. The number of carbonyl (C=O) groups excluding carboxylic acids is 1. The molecule has 0 aliphatic rings. The van der Waals surface area contributed by atoms with Gasteiger partial charge >= 0.3 is 11.9 Å². The third kappa shape index (κ3) is 24.2. The SMILES string of the molecule is C/C=C/CCCCCCCCCCCC[N+](CCCCC(=O)[O-])(CCCCC(=O)O)CCCCC(=O)O. The quantitative estimate of drug-likeness (QED) is 0.0724. The Hall–Kier alpha value is -1.89. The molecule has 0 aromatic heterocycles. The third-order valence-corrected chi connectivity index (χ3v) is 7.30. The van der Waals surface area contributed by atoms with E-state index < -0.39 is 17.9 Å². The van der Waals surface area contributed by atoms with E-state index in [9.17, 15) is 19.5 Å². The molecular formula is C30H55NO6. The number of hydrogen-bond donors (Lipinski definition) is 2. The maximum atomic E-state index is 11.0. The first-order valence-electron chi connectivity index (χ1n) is 14.9. The van der Waals surface area contributed by atoms with Gasteiger partial charge in [0.15, 0.2) is 0 Å². The molecule has 0 atom stereocenters. The Morgan fingerprint density at radius 2 is 0.919 bits per heavy atom. The number of hydrogen-bond acceptors (Lipinski definition) is 4. The van der Waals surface area contributed by atoms with Crippen molar-refractivity contribution < 1.29 is 34.2 Å². The smallest absolute Gasteiger partial charge is 0.303 e. The van der Waals surface area contributed by atoms with Crippen LogP contribution < -0.4 is 5.11 Å². The second kappa shape index (κ2) is 24.4. The molecule has 0 rings (SSSR count). The van der Waals surface area contributed by atoms with E-state index in [1.165, 1.54) is 64.2 Å². The van der Waals surface area contributed by atoms with E-state index in [0.717, 1.165) is 56.3 Å². The van der Waals surface area contributed by atoms with Crippen LogP contribution in [0.1, 0.15) is 135 Å². The van der Waals surface area contributed by atoms with Gasteiger partial charge in [-0.05, 0) is 77.6 Å². The van der Waals surface area contributed by atoms with E-state index in [2.05, 4.69) is 19.1 Å². The van der Waals surface area contributed by atoms with E-state index in [0.29, 0.717) is 19.3 Å². The van der Waals surface area contributed by atoms with E-state index in [1.807, 2.05) is 0 Å². The summed E-state index contributed by atoms with van der Waals surface area (Å²) < 4.78 is 0.847. The van der Waals surface area contributed by atoms with E-state index >= 15 is 0 Å². The molecule has 0 saturated heterocycles. The van der Waals surface area contributed by atoms with Crippen molar-refractivity contribution >= 4 is 17.9 Å². The molecule has 0 saturated carbocycles. The second-order valence-electron chi connectivity index (χ2n) is 10.7. The summed E-state index contributed by atoms with van der Waals surface area (Å²) >= 11 is 0. The van der Waals surface area contributed by atoms with Crippen molar-refractivity contribution in [3.8, 4) is 0 Å². The van der Waals surface area contributed by atoms with E-state index in [1.54, 1.807) is 0 Å². The Kier molecular flexibility index (Phi) is 23.2. The Morgan fingerprint density at radius 3 is 1.30 bits per heavy atom. The normalized spacial score (nSPS) is 11.8. The molecule has 0 fully saturated rings. The molecule has 2 N–H and O–H groups in total. The van der Waals surface area contributed by atoms with Gasteiger partial charge in [0.25, 0.3) is 0 Å². The molecule has 0 aromatic rings. The zero-order chi connectivity index (χ0) is 27.6. The van der Waals surface area contributed by atoms with Crippen LogP contribution in [0.5, 0.6) is 0 Å². The first-order chi connectivity index (χ1) is 17.8. The standard InChI is InChI=1S/C30H55NO6/c1-2-3-4-5-6-7-8-9-10-11-12-13-17-24-31(25-18-14-21-28(32)33,26-19-15-22-29(34)35)27-20-16-23-30(36)37/h2-3H,4-27H2,1H3,(H2-,32,33,34,35,36,37)/b3-2+. The van der Waals surface area contributed by atoms with Crippen molar-refractivity contribution in [2.24, 2.45) is 0 Å². The van der Waals surface area contributed by atoms with Gasteiger partial charge in [-0.2, -0.15) is 0 Å². The lowest BCUT2D eigenvalue weighted by Gasteiger charge is -2.39. The molecule has 0 amide bonds. The molecule has 0 heterocycles. The monoisotopic (exact) mass is 525 g/mol. The Bertz CT molecular complexity index is 564. The summed E-state index contributed by atoms with van der Waals surface area (Å²) in [5.74, 6) is -2.57. The molecule has 0 aliphatic heterocycles. The lowest BCUT2D eigenvalue weighted by molar-refractivity contribution is -0.929. The fourth-order valence-electron chi connectivity index (χ4n) is 5.12. The van der Waals surface area contributed by atoms with Crippen molar-refractivity contribution in [1.82, 2.24) is 0 Å². The summed E-state index contributed by atoms with van der Waals surface area (Å²) in [5, 5.41) is 28.9. The number of aliphatic carboxylic acids is 3. The van der Waals surface area contributed by atoms with Crippen LogP contribution in [0.15, 0.2) is 12.2 Å². The van der Waals surface area contributed by atoms with E-state index in [4.69, 9.17) is 10.2 Å². The Balaban J connectivity index is 4.57. The van der Waals surface area contributed by atoms with Crippen LogP contribution >= 0.6 is 0 Å². The van der Waals surface area contributed by atoms with Crippen molar-refractivity contribution in [3.05, 3.63) is 12.2 Å². The highest BCUT2D eigenvalue weighted by atomic mass is 16.4. The fraction of sp³-hybridized carbons (Fsp3) is 0.833. The summed E-state index contributed by atoms with van der Waals surface area (Å²) in [6.07, 6.45) is 22.9. The van der Waals surface area contributed by atoms with Crippen LogP contribution in [0.3, 0.4) is 0 Å². The maximum absolute atomic E-state index is 11.0. The van der Waals surface area contributed by atoms with Crippen LogP contribution in [-0.2, 0) is 14.4 Å². The molecule has 37 heavy (non-hydrogen) atoms. The van der Waals surface area contributed by atoms with Crippen molar-refractivity contribution in [3.63, 3.8) is 0 Å². The molecule has 0 aliphatic carbocycles. The van der Waals surface area contributed by atoms with Gasteiger partial charge in [-0.15, -0.1) is 0 Å². The highest BCUT2D eigenvalue weighted by molar-refractivity contribution is 5.66. The van der Waals surface area contributed by atoms with Crippen LogP contribution in [0.2, 0.25) is 0 Å². The number of unbranched alkanes of at least 4 members (excludes halogenated alkanes) is 13. The molecule has 7 heteroatoms. The van der Waals surface area contributed by atoms with Crippen molar-refractivity contribution in [2.45, 2.75) is 135 Å². The van der Waals surface area contributed by atoms with Crippen molar-refractivity contribution in [1.29, 1.82) is 0 Å². The van der Waals surface area contributed by atoms with Crippen LogP contribution in [0.25, 0.3) is 0 Å². The third-order valence-electron chi connectivity index (χ3n) is 7.30. The van der Waals surface area contributed by atoms with Gasteiger partial charge in [0, 0.05) is 18.8 Å². The number of carboxylic acids is 3. The number of rotatable bonds is 28. The lowest BCUT2D eigenvalue weighted by Crippen LogP contribution is -2.51. The van der Waals surface area contributed by atoms with Gasteiger partial charge in [0.1, 0.15) is 0 Å². The fourth-order valence-corrected chi connectivity index (χ4v) is 5.12. The summed E-state index contributed by atoms with van der Waals surface area (Å²) in [6, 6.07) is 0. The van der Waals surface area contributed by atoms with Gasteiger partial charge in [0.2, 0.25) is 0 Å². The lowest BCUT2D eigenvalue weighted by atomic mass is 10.0. The van der Waals surface area contributed by atoms with Crippen LogP contribution in [0.4, 0.5) is 0 Å². The summed E-state index contributed by atoms with van der Waals surface area (Å²) in [7, 11) is 0. The first kappa shape index (κ1) is 35.1. The zero-order valence-electron chi connectivity index (χ0n) is 23.6. The zero-order valence-corrected chi connectivity index (χ0v) is 23.6. The van der Waals surface area contributed by atoms with Gasteiger partial charge in [-0.3, -0.25) is 9.59 Å². The van der Waals surface area contributed by atoms with E-state index in [-0.39, 0.29) is 19.3 Å². The van der Waals surface area contributed by atoms with Gasteiger partial charge < -0.3 is 24.6 Å². The number of carbonyl (C=O) groups is 3. The van der Waals surface area contributed by atoms with Crippen molar-refractivity contribution in [2.75, 3.05) is 26.2 Å². The minimum Gasteiger partial charge on any atom is -0.550 e.